The molecule has 7 heteroatoms. The van der Waals surface area contributed by atoms with Crippen LogP contribution in [0.15, 0.2) is 16.1 Å². The van der Waals surface area contributed by atoms with Crippen LogP contribution in [-0.4, -0.2) is 13.1 Å². The highest BCUT2D eigenvalue weighted by Gasteiger charge is 2.61. The van der Waals surface area contributed by atoms with Crippen molar-refractivity contribution >= 4 is 21.9 Å². The van der Waals surface area contributed by atoms with Gasteiger partial charge in [-0.05, 0) is 41.1 Å². The van der Waals surface area contributed by atoms with E-state index in [9.17, 15) is 18.0 Å². The minimum absolute atomic E-state index is 0.0332. The lowest BCUT2D eigenvalue weighted by Crippen LogP contribution is -2.13. The van der Waals surface area contributed by atoms with E-state index in [1.807, 2.05) is 33.8 Å². The van der Waals surface area contributed by atoms with Gasteiger partial charge in [-0.25, -0.2) is 13.2 Å². The van der Waals surface area contributed by atoms with Crippen LogP contribution in [0.2, 0.25) is 0 Å². The first kappa shape index (κ1) is 21.0. The summed E-state index contributed by atoms with van der Waals surface area (Å²) in [7, 11) is 1.25. The average Bonchev–Trinajstić information content (AvgIpc) is 3.09. The van der Waals surface area contributed by atoms with Gasteiger partial charge < -0.3 is 9.47 Å². The van der Waals surface area contributed by atoms with Crippen LogP contribution < -0.4 is 0 Å². The number of halogens is 4. The topological polar surface area (TPSA) is 35.5 Å². The molecule has 1 saturated carbocycles. The number of allylic oxidation sites excluding steroid dienone is 2. The first-order valence-corrected chi connectivity index (χ1v) is 8.97. The third-order valence-corrected chi connectivity index (χ3v) is 5.60. The van der Waals surface area contributed by atoms with E-state index in [0.29, 0.717) is 0 Å². The van der Waals surface area contributed by atoms with Gasteiger partial charge in [0.25, 0.3) is 0 Å². The Balaban J connectivity index is 2.18. The zero-order valence-electron chi connectivity index (χ0n) is 15.4. The van der Waals surface area contributed by atoms with E-state index in [0.717, 1.165) is 5.57 Å². The highest BCUT2D eigenvalue weighted by Crippen LogP contribution is 2.59. The summed E-state index contributed by atoms with van der Waals surface area (Å²) >= 11 is 2.92. The summed E-state index contributed by atoms with van der Waals surface area (Å²) in [6.45, 7) is 6.80. The number of hydrogen-bond acceptors (Lipinski definition) is 3. The molecular formula is C19H22BrF3O3. The molecule has 2 rings (SSSR count). The number of esters is 1. The molecule has 26 heavy (non-hydrogen) atoms. The van der Waals surface area contributed by atoms with Crippen LogP contribution in [0, 0.1) is 34.7 Å². The smallest absolute Gasteiger partial charge is 0.310 e. The second-order valence-electron chi connectivity index (χ2n) is 7.32. The molecule has 1 aliphatic rings. The van der Waals surface area contributed by atoms with Gasteiger partial charge in [0.1, 0.15) is 12.4 Å². The molecule has 144 valence electrons. The number of methoxy groups -OCH3 is 1. The molecule has 1 aromatic rings. The summed E-state index contributed by atoms with van der Waals surface area (Å²) in [6.07, 6.45) is 2.00. The minimum Gasteiger partial charge on any atom is -0.460 e. The van der Waals surface area contributed by atoms with Crippen molar-refractivity contribution in [2.75, 3.05) is 7.11 Å². The number of benzene rings is 1. The Morgan fingerprint density at radius 2 is 1.69 bits per heavy atom. The van der Waals surface area contributed by atoms with Crippen LogP contribution in [-0.2, 0) is 27.5 Å². The summed E-state index contributed by atoms with van der Waals surface area (Å²) in [6, 6.07) is 0. The van der Waals surface area contributed by atoms with Crippen LogP contribution >= 0.6 is 15.9 Å². The van der Waals surface area contributed by atoms with Gasteiger partial charge in [0, 0.05) is 12.7 Å². The molecule has 0 bridgehead atoms. The lowest BCUT2D eigenvalue weighted by Gasteiger charge is -2.13. The van der Waals surface area contributed by atoms with E-state index >= 15 is 0 Å². The number of rotatable bonds is 6. The monoisotopic (exact) mass is 434 g/mol. The molecule has 2 unspecified atom stereocenters. The van der Waals surface area contributed by atoms with Crippen molar-refractivity contribution in [3.8, 4) is 0 Å². The molecule has 0 N–H and O–H groups in total. The fraction of sp³-hybridized carbons (Fsp3) is 0.526. The number of carbonyl (C=O) groups is 1. The van der Waals surface area contributed by atoms with Gasteiger partial charge in [-0.2, -0.15) is 0 Å². The fourth-order valence-electron chi connectivity index (χ4n) is 3.15. The van der Waals surface area contributed by atoms with Crippen LogP contribution in [0.3, 0.4) is 0 Å². The molecule has 0 radical (unpaired) electrons. The first-order chi connectivity index (χ1) is 12.0. The maximum atomic E-state index is 14.3. The SMILES string of the molecule is COCc1c(F)c(F)c(COC(=O)C2C(C=C(C)C)C2(C)C)c(Br)c1F. The first-order valence-electron chi connectivity index (χ1n) is 8.18. The van der Waals surface area contributed by atoms with Crippen LogP contribution in [0.25, 0.3) is 0 Å². The van der Waals surface area contributed by atoms with Gasteiger partial charge in [0.2, 0.25) is 0 Å². The summed E-state index contributed by atoms with van der Waals surface area (Å²) in [5.41, 5.74) is -0.0578. The van der Waals surface area contributed by atoms with Crippen LogP contribution in [0.1, 0.15) is 38.8 Å². The van der Waals surface area contributed by atoms with Crippen molar-refractivity contribution in [3.63, 3.8) is 0 Å². The Labute approximate surface area is 159 Å². The molecule has 0 aliphatic heterocycles. The second-order valence-corrected chi connectivity index (χ2v) is 8.12. The summed E-state index contributed by atoms with van der Waals surface area (Å²) < 4.78 is 52.1. The summed E-state index contributed by atoms with van der Waals surface area (Å²) in [5.74, 6) is -4.40. The molecule has 0 heterocycles. The molecular weight excluding hydrogens is 413 g/mol. The van der Waals surface area contributed by atoms with Gasteiger partial charge in [0.05, 0.1) is 22.6 Å². The fourth-order valence-corrected chi connectivity index (χ4v) is 3.68. The Hall–Kier alpha value is -1.34. The number of hydrogen-bond donors (Lipinski definition) is 0. The van der Waals surface area contributed by atoms with Crippen molar-refractivity contribution in [2.45, 2.75) is 40.9 Å². The van der Waals surface area contributed by atoms with E-state index in [1.54, 1.807) is 0 Å². The molecule has 3 nitrogen and oxygen atoms in total. The van der Waals surface area contributed by atoms with Crippen molar-refractivity contribution in [1.82, 2.24) is 0 Å². The number of ether oxygens (including phenoxy) is 2. The summed E-state index contributed by atoms with van der Waals surface area (Å²) in [5, 5.41) is 0. The molecule has 1 aromatic carbocycles. The zero-order chi connectivity index (χ0) is 19.8. The van der Waals surface area contributed by atoms with E-state index < -0.39 is 42.2 Å². The Morgan fingerprint density at radius 3 is 2.23 bits per heavy atom. The van der Waals surface area contributed by atoms with Gasteiger partial charge in [-0.3, -0.25) is 4.79 Å². The zero-order valence-corrected chi connectivity index (χ0v) is 17.0. The van der Waals surface area contributed by atoms with Crippen molar-refractivity contribution in [2.24, 2.45) is 17.3 Å². The molecule has 0 amide bonds. The van der Waals surface area contributed by atoms with Gasteiger partial charge in [-0.15, -0.1) is 0 Å². The molecule has 0 saturated heterocycles. The van der Waals surface area contributed by atoms with Crippen molar-refractivity contribution in [3.05, 3.63) is 44.7 Å². The predicted octanol–water partition coefficient (Wildman–Crippen LogP) is 5.29. The van der Waals surface area contributed by atoms with Crippen molar-refractivity contribution in [1.29, 1.82) is 0 Å². The van der Waals surface area contributed by atoms with Crippen molar-refractivity contribution < 1.29 is 27.4 Å². The Morgan fingerprint density at radius 1 is 1.12 bits per heavy atom. The highest BCUT2D eigenvalue weighted by molar-refractivity contribution is 9.10. The second kappa shape index (κ2) is 7.72. The van der Waals surface area contributed by atoms with Crippen LogP contribution in [0.4, 0.5) is 13.2 Å². The highest BCUT2D eigenvalue weighted by atomic mass is 79.9. The van der Waals surface area contributed by atoms with E-state index in [-0.39, 0.29) is 27.3 Å². The Bertz CT molecular complexity index is 726. The standard InChI is InChI=1S/C19H22BrF3O3/c1-9(2)6-12-13(19(12,3)4)18(24)26-8-10-14(20)15(21)11(7-25-5)17(23)16(10)22/h6,12-13H,7-8H2,1-5H3. The van der Waals surface area contributed by atoms with Gasteiger partial charge in [-0.1, -0.05) is 25.5 Å². The average molecular weight is 435 g/mol. The molecule has 2 atom stereocenters. The number of carbonyl (C=O) groups excluding carboxylic acids is 1. The normalized spacial score (nSPS) is 20.7. The predicted molar refractivity (Wildman–Crippen MR) is 94.7 cm³/mol. The minimum atomic E-state index is -1.34. The van der Waals surface area contributed by atoms with Gasteiger partial charge in [0.15, 0.2) is 11.6 Å². The Kier molecular flexibility index (Phi) is 6.23. The van der Waals surface area contributed by atoms with Gasteiger partial charge >= 0.3 is 5.97 Å². The van der Waals surface area contributed by atoms with E-state index in [2.05, 4.69) is 20.7 Å². The third-order valence-electron chi connectivity index (χ3n) is 4.77. The lowest BCUT2D eigenvalue weighted by molar-refractivity contribution is -0.147. The molecule has 0 spiro atoms. The van der Waals surface area contributed by atoms with Crippen LogP contribution in [0.5, 0.6) is 0 Å². The molecule has 1 fully saturated rings. The van der Waals surface area contributed by atoms with E-state index in [1.165, 1.54) is 7.11 Å². The molecule has 0 aromatic heterocycles. The maximum absolute atomic E-state index is 14.3. The largest absolute Gasteiger partial charge is 0.460 e. The lowest BCUT2D eigenvalue weighted by atomic mass is 10.1. The van der Waals surface area contributed by atoms with E-state index in [4.69, 9.17) is 4.74 Å². The molecule has 1 aliphatic carbocycles. The summed E-state index contributed by atoms with van der Waals surface area (Å²) in [4.78, 5) is 12.4. The quantitative estimate of drug-likeness (QED) is 0.346. The maximum Gasteiger partial charge on any atom is 0.310 e. The third kappa shape index (κ3) is 3.83.